The predicted molar refractivity (Wildman–Crippen MR) is 287 cm³/mol. The monoisotopic (exact) mass is 924 g/mol. The maximum absolute atomic E-state index is 13.2. The minimum absolute atomic E-state index is 0.00124. The molecule has 0 saturated carbocycles. The Labute approximate surface area is 409 Å². The van der Waals surface area contributed by atoms with Crippen LogP contribution in [0.15, 0.2) is 60.8 Å². The standard InChI is InChI=1S/C60H109NO5/c1-4-7-10-13-16-19-22-25-28-29-30-32-35-38-41-44-47-50-53-60(65)66-56(51-48-45-42-39-36-33-31-26-23-20-17-14-11-8-5-2)54-59(64)61-57(55-62)58(63)52-49-46-43-40-37-34-27-24-21-18-15-12-9-6-3/h8,11,17,20,26,31,36,39,45,48,56-58,62-63H,4-7,9-10,12-16,18-19,21-25,27-30,32-35,37-38,40-44,46-47,49-55H2,1-3H3,(H,61,64)/b11-8-,20-17-,31-26-,39-36-,48-45-. The average molecular weight is 925 g/mol. The smallest absolute Gasteiger partial charge is 0.306 e. The Bertz CT molecular complexity index is 1170. The number of esters is 1. The van der Waals surface area contributed by atoms with Gasteiger partial charge in [0.15, 0.2) is 0 Å². The second-order valence-electron chi connectivity index (χ2n) is 19.3. The number of amides is 1. The second-order valence-corrected chi connectivity index (χ2v) is 19.3. The minimum atomic E-state index is -0.812. The number of ether oxygens (including phenoxy) is 1. The van der Waals surface area contributed by atoms with E-state index in [-0.39, 0.29) is 24.9 Å². The quantitative estimate of drug-likeness (QED) is 0.0321. The number of hydrogen-bond donors (Lipinski definition) is 3. The highest BCUT2D eigenvalue weighted by Gasteiger charge is 2.23. The van der Waals surface area contributed by atoms with Crippen molar-refractivity contribution in [1.29, 1.82) is 0 Å². The van der Waals surface area contributed by atoms with Crippen molar-refractivity contribution in [1.82, 2.24) is 5.32 Å². The van der Waals surface area contributed by atoms with Gasteiger partial charge in [0.25, 0.3) is 0 Å². The van der Waals surface area contributed by atoms with Crippen LogP contribution in [0.4, 0.5) is 0 Å². The van der Waals surface area contributed by atoms with Crippen molar-refractivity contribution < 1.29 is 24.5 Å². The molecule has 0 aromatic carbocycles. The predicted octanol–water partition coefficient (Wildman–Crippen LogP) is 17.6. The van der Waals surface area contributed by atoms with Crippen LogP contribution in [0.2, 0.25) is 0 Å². The summed E-state index contributed by atoms with van der Waals surface area (Å²) in [5.41, 5.74) is 0. The van der Waals surface area contributed by atoms with Crippen molar-refractivity contribution in [2.24, 2.45) is 0 Å². The summed E-state index contributed by atoms with van der Waals surface area (Å²) < 4.78 is 5.89. The van der Waals surface area contributed by atoms with Crippen molar-refractivity contribution in [2.45, 2.75) is 302 Å². The van der Waals surface area contributed by atoms with Crippen LogP contribution in [0, 0.1) is 0 Å². The molecule has 0 rings (SSSR count). The fourth-order valence-electron chi connectivity index (χ4n) is 8.57. The third-order valence-electron chi connectivity index (χ3n) is 12.9. The van der Waals surface area contributed by atoms with E-state index < -0.39 is 18.2 Å². The summed E-state index contributed by atoms with van der Waals surface area (Å²) in [5, 5.41) is 23.8. The lowest BCUT2D eigenvalue weighted by Gasteiger charge is -2.24. The van der Waals surface area contributed by atoms with Gasteiger partial charge in [-0.25, -0.2) is 0 Å². The Balaban J connectivity index is 4.63. The lowest BCUT2D eigenvalue weighted by atomic mass is 10.0. The Morgan fingerprint density at radius 2 is 0.788 bits per heavy atom. The molecule has 3 unspecified atom stereocenters. The number of hydrogen-bond acceptors (Lipinski definition) is 5. The molecule has 0 heterocycles. The molecule has 384 valence electrons. The number of nitrogens with one attached hydrogen (secondary N) is 1. The first-order valence-electron chi connectivity index (χ1n) is 28.5. The largest absolute Gasteiger partial charge is 0.461 e. The molecule has 3 atom stereocenters. The van der Waals surface area contributed by atoms with E-state index in [4.69, 9.17) is 4.74 Å². The number of aliphatic hydroxyl groups excluding tert-OH is 2. The number of unbranched alkanes of at least 4 members (excludes halogenated alkanes) is 30. The van der Waals surface area contributed by atoms with Gasteiger partial charge in [0.2, 0.25) is 5.91 Å². The first-order valence-corrected chi connectivity index (χ1v) is 28.5. The summed E-state index contributed by atoms with van der Waals surface area (Å²) in [4.78, 5) is 26.2. The normalized spacial score (nSPS) is 13.6. The SMILES string of the molecule is CC/C=C\C/C=C\C/C=C\C/C=C\C/C=C\CC(CC(=O)NC(CO)C(O)CCCCCCCCCCCCCCCC)OC(=O)CCCCCCCCCCCCCCCCCCCC. The van der Waals surface area contributed by atoms with Crippen molar-refractivity contribution >= 4 is 11.9 Å². The minimum Gasteiger partial charge on any atom is -0.461 e. The number of carbonyl (C=O) groups is 2. The zero-order valence-corrected chi connectivity index (χ0v) is 43.8. The van der Waals surface area contributed by atoms with Crippen LogP contribution < -0.4 is 5.32 Å². The summed E-state index contributed by atoms with van der Waals surface area (Å²) in [6, 6.07) is -0.732. The molecule has 0 aromatic heterocycles. The fourth-order valence-corrected chi connectivity index (χ4v) is 8.57. The topological polar surface area (TPSA) is 95.9 Å². The summed E-state index contributed by atoms with van der Waals surface area (Å²) >= 11 is 0. The van der Waals surface area contributed by atoms with Crippen molar-refractivity contribution in [2.75, 3.05) is 6.61 Å². The van der Waals surface area contributed by atoms with Crippen LogP contribution in [0.25, 0.3) is 0 Å². The van der Waals surface area contributed by atoms with Crippen LogP contribution >= 0.6 is 0 Å². The lowest BCUT2D eigenvalue weighted by Crippen LogP contribution is -2.46. The van der Waals surface area contributed by atoms with Gasteiger partial charge in [-0.1, -0.05) is 281 Å². The van der Waals surface area contributed by atoms with E-state index in [1.165, 1.54) is 167 Å². The Kier molecular flexibility index (Phi) is 51.5. The number of aliphatic hydroxyl groups is 2. The zero-order valence-electron chi connectivity index (χ0n) is 43.8. The van der Waals surface area contributed by atoms with Gasteiger partial charge in [0.05, 0.1) is 25.2 Å². The molecule has 0 aliphatic carbocycles. The van der Waals surface area contributed by atoms with Gasteiger partial charge in [-0.05, 0) is 44.9 Å². The summed E-state index contributed by atoms with van der Waals surface area (Å²) in [6.07, 6.45) is 67.3. The first kappa shape index (κ1) is 63.6. The summed E-state index contributed by atoms with van der Waals surface area (Å²) in [5.74, 6) is -0.569. The zero-order chi connectivity index (χ0) is 48.1. The molecule has 0 spiro atoms. The van der Waals surface area contributed by atoms with E-state index in [1.807, 2.05) is 6.08 Å². The first-order chi connectivity index (χ1) is 32.5. The van der Waals surface area contributed by atoms with E-state index in [0.29, 0.717) is 19.3 Å². The van der Waals surface area contributed by atoms with Gasteiger partial charge >= 0.3 is 5.97 Å². The van der Waals surface area contributed by atoms with E-state index in [0.717, 1.165) is 70.6 Å². The maximum atomic E-state index is 13.2. The highest BCUT2D eigenvalue weighted by atomic mass is 16.5. The molecular formula is C60H109NO5. The third kappa shape index (κ3) is 48.0. The molecular weight excluding hydrogens is 815 g/mol. The second kappa shape index (κ2) is 53.5. The Morgan fingerprint density at radius 3 is 1.15 bits per heavy atom. The summed E-state index contributed by atoms with van der Waals surface area (Å²) in [6.45, 7) is 6.37. The molecule has 0 fully saturated rings. The van der Waals surface area contributed by atoms with Crippen LogP contribution in [-0.2, 0) is 14.3 Å². The molecule has 6 heteroatoms. The molecule has 0 aliphatic rings. The van der Waals surface area contributed by atoms with E-state index in [2.05, 4.69) is 80.8 Å². The van der Waals surface area contributed by atoms with Gasteiger partial charge in [-0.15, -0.1) is 0 Å². The van der Waals surface area contributed by atoms with Gasteiger partial charge in [0, 0.05) is 12.8 Å². The Morgan fingerprint density at radius 1 is 0.455 bits per heavy atom. The van der Waals surface area contributed by atoms with E-state index in [9.17, 15) is 19.8 Å². The molecule has 0 aliphatic heterocycles. The van der Waals surface area contributed by atoms with Crippen LogP contribution in [0.3, 0.4) is 0 Å². The molecule has 1 amide bonds. The molecule has 0 bridgehead atoms. The molecule has 0 saturated heterocycles. The number of rotatable bonds is 51. The van der Waals surface area contributed by atoms with Crippen LogP contribution in [0.1, 0.15) is 284 Å². The van der Waals surface area contributed by atoms with Gasteiger partial charge in [-0.2, -0.15) is 0 Å². The van der Waals surface area contributed by atoms with Gasteiger partial charge < -0.3 is 20.3 Å². The molecule has 3 N–H and O–H groups in total. The summed E-state index contributed by atoms with van der Waals surface area (Å²) in [7, 11) is 0. The number of allylic oxidation sites excluding steroid dienone is 9. The molecule has 6 nitrogen and oxygen atoms in total. The highest BCUT2D eigenvalue weighted by molar-refractivity contribution is 5.77. The molecule has 0 aromatic rings. The maximum Gasteiger partial charge on any atom is 0.306 e. The molecule has 66 heavy (non-hydrogen) atoms. The lowest BCUT2D eigenvalue weighted by molar-refractivity contribution is -0.150. The Hall–Kier alpha value is -2.44. The van der Waals surface area contributed by atoms with Crippen LogP contribution in [-0.4, -0.2) is 46.9 Å². The van der Waals surface area contributed by atoms with Gasteiger partial charge in [-0.3, -0.25) is 9.59 Å². The van der Waals surface area contributed by atoms with Crippen LogP contribution in [0.5, 0.6) is 0 Å². The fraction of sp³-hybridized carbons (Fsp3) is 0.800. The third-order valence-corrected chi connectivity index (χ3v) is 12.9. The van der Waals surface area contributed by atoms with E-state index >= 15 is 0 Å². The van der Waals surface area contributed by atoms with Gasteiger partial charge in [0.1, 0.15) is 6.10 Å². The van der Waals surface area contributed by atoms with Crippen molar-refractivity contribution in [3.8, 4) is 0 Å². The number of carbonyl (C=O) groups excluding carboxylic acids is 2. The molecule has 0 radical (unpaired) electrons. The highest BCUT2D eigenvalue weighted by Crippen LogP contribution is 2.18. The van der Waals surface area contributed by atoms with Crippen molar-refractivity contribution in [3.63, 3.8) is 0 Å². The van der Waals surface area contributed by atoms with Crippen molar-refractivity contribution in [3.05, 3.63) is 60.8 Å². The van der Waals surface area contributed by atoms with E-state index in [1.54, 1.807) is 0 Å². The average Bonchev–Trinajstić information content (AvgIpc) is 3.31.